The van der Waals surface area contributed by atoms with E-state index in [1.54, 1.807) is 0 Å². The zero-order valence-electron chi connectivity index (χ0n) is 4.59. The smallest absolute Gasteiger partial charge is 0.186 e. The molecule has 0 rings (SSSR count). The van der Waals surface area contributed by atoms with Crippen LogP contribution in [0.25, 0.3) is 0 Å². The van der Waals surface area contributed by atoms with E-state index in [1.807, 2.05) is 13.1 Å². The van der Waals surface area contributed by atoms with Gasteiger partial charge in [-0.1, -0.05) is 0 Å². The van der Waals surface area contributed by atoms with Crippen LogP contribution in [0, 0.1) is 11.5 Å². The summed E-state index contributed by atoms with van der Waals surface area (Å²) < 4.78 is 0. The van der Waals surface area contributed by atoms with Crippen molar-refractivity contribution < 1.29 is 0 Å². The second-order valence-corrected chi connectivity index (χ2v) is 1.60. The van der Waals surface area contributed by atoms with Crippen LogP contribution in [0.5, 0.6) is 0 Å². The predicted molar refractivity (Wildman–Crippen MR) is 34.8 cm³/mol. The number of nitrogens with zero attached hydrogens (tertiary/aromatic N) is 2. The lowest BCUT2D eigenvalue weighted by atomic mass is 10.7. The standard InChI is InChI=1S/C4H7N3S/c1-2-7(3-5)4(6)8/h2H2,1H3,(H2,6,8). The van der Waals surface area contributed by atoms with E-state index in [4.69, 9.17) is 11.0 Å². The van der Waals surface area contributed by atoms with E-state index >= 15 is 0 Å². The average molecular weight is 129 g/mol. The summed E-state index contributed by atoms with van der Waals surface area (Å²) in [4.78, 5) is 1.23. The largest absolute Gasteiger partial charge is 0.375 e. The molecule has 0 unspecified atom stereocenters. The Balaban J connectivity index is 3.76. The molecule has 0 aromatic carbocycles. The van der Waals surface area contributed by atoms with E-state index in [0.29, 0.717) is 6.54 Å². The molecule has 0 atom stereocenters. The molecular weight excluding hydrogens is 122 g/mol. The molecule has 0 heterocycles. The van der Waals surface area contributed by atoms with Crippen LogP contribution in [0.1, 0.15) is 6.92 Å². The van der Waals surface area contributed by atoms with Crippen molar-refractivity contribution in [1.82, 2.24) is 4.90 Å². The normalized spacial score (nSPS) is 7.50. The SMILES string of the molecule is CCN(C#N)C(N)=S. The van der Waals surface area contributed by atoms with Gasteiger partial charge in [0.2, 0.25) is 0 Å². The molecule has 2 N–H and O–H groups in total. The Labute approximate surface area is 53.7 Å². The van der Waals surface area contributed by atoms with Gasteiger partial charge in [-0.05, 0) is 19.1 Å². The van der Waals surface area contributed by atoms with E-state index in [0.717, 1.165) is 0 Å². The maximum absolute atomic E-state index is 8.20. The average Bonchev–Trinajstić information content (AvgIpc) is 1.69. The zero-order valence-corrected chi connectivity index (χ0v) is 5.40. The van der Waals surface area contributed by atoms with E-state index < -0.39 is 0 Å². The van der Waals surface area contributed by atoms with E-state index in [-0.39, 0.29) is 5.11 Å². The maximum atomic E-state index is 8.20. The lowest BCUT2D eigenvalue weighted by Gasteiger charge is -2.07. The van der Waals surface area contributed by atoms with Crippen LogP contribution in [0.2, 0.25) is 0 Å². The van der Waals surface area contributed by atoms with Gasteiger partial charge in [0.1, 0.15) is 0 Å². The highest BCUT2D eigenvalue weighted by Gasteiger charge is 1.97. The Morgan fingerprint density at radius 2 is 2.50 bits per heavy atom. The fourth-order valence-corrected chi connectivity index (χ4v) is 0.446. The van der Waals surface area contributed by atoms with Crippen LogP contribution in [0.15, 0.2) is 0 Å². The second kappa shape index (κ2) is 3.22. The van der Waals surface area contributed by atoms with Gasteiger partial charge in [-0.15, -0.1) is 0 Å². The molecule has 0 saturated heterocycles. The molecule has 4 heteroatoms. The number of hydrogen-bond acceptors (Lipinski definition) is 2. The van der Waals surface area contributed by atoms with Gasteiger partial charge in [-0.3, -0.25) is 4.90 Å². The van der Waals surface area contributed by atoms with Gasteiger partial charge in [-0.2, -0.15) is 5.26 Å². The fourth-order valence-electron chi connectivity index (χ4n) is 0.276. The molecule has 8 heavy (non-hydrogen) atoms. The van der Waals surface area contributed by atoms with Crippen molar-refractivity contribution in [2.45, 2.75) is 6.92 Å². The predicted octanol–water partition coefficient (Wildman–Crippen LogP) is 0.0330. The Morgan fingerprint density at radius 3 is 2.50 bits per heavy atom. The third-order valence-electron chi connectivity index (χ3n) is 0.703. The first-order chi connectivity index (χ1) is 3.72. The zero-order chi connectivity index (χ0) is 6.57. The molecule has 0 saturated carbocycles. The van der Waals surface area contributed by atoms with Gasteiger partial charge >= 0.3 is 0 Å². The Kier molecular flexibility index (Phi) is 2.89. The summed E-state index contributed by atoms with van der Waals surface area (Å²) >= 11 is 4.50. The Bertz CT molecular complexity index is 126. The molecule has 0 aromatic heterocycles. The van der Waals surface area contributed by atoms with E-state index in [1.165, 1.54) is 4.90 Å². The van der Waals surface area contributed by atoms with E-state index in [2.05, 4.69) is 12.2 Å². The molecular formula is C4H7N3S. The second-order valence-electron chi connectivity index (χ2n) is 1.18. The van der Waals surface area contributed by atoms with Crippen LogP contribution >= 0.6 is 12.2 Å². The summed E-state index contributed by atoms with van der Waals surface area (Å²) in [7, 11) is 0. The molecule has 3 nitrogen and oxygen atoms in total. The first kappa shape index (κ1) is 7.18. The van der Waals surface area contributed by atoms with Crippen LogP contribution in [-0.2, 0) is 0 Å². The van der Waals surface area contributed by atoms with Gasteiger partial charge in [0.05, 0.1) is 0 Å². The highest BCUT2D eigenvalue weighted by atomic mass is 32.1. The molecule has 0 aliphatic rings. The lowest BCUT2D eigenvalue weighted by molar-refractivity contribution is 0.614. The van der Waals surface area contributed by atoms with Crippen molar-refractivity contribution in [2.75, 3.05) is 6.54 Å². The van der Waals surface area contributed by atoms with E-state index in [9.17, 15) is 0 Å². The molecule has 0 spiro atoms. The summed E-state index contributed by atoms with van der Waals surface area (Å²) in [6, 6.07) is 0. The quantitative estimate of drug-likeness (QED) is 0.308. The highest BCUT2D eigenvalue weighted by molar-refractivity contribution is 7.80. The molecule has 0 aromatic rings. The van der Waals surface area contributed by atoms with Crippen molar-refractivity contribution in [3.8, 4) is 6.19 Å². The highest BCUT2D eigenvalue weighted by Crippen LogP contribution is 1.80. The van der Waals surface area contributed by atoms with Gasteiger partial charge in [-0.25, -0.2) is 0 Å². The molecule has 44 valence electrons. The molecule has 0 bridgehead atoms. The van der Waals surface area contributed by atoms with Crippen LogP contribution in [0.4, 0.5) is 0 Å². The van der Waals surface area contributed by atoms with Gasteiger partial charge < -0.3 is 5.73 Å². The van der Waals surface area contributed by atoms with Crippen molar-refractivity contribution in [3.05, 3.63) is 0 Å². The van der Waals surface area contributed by atoms with Crippen molar-refractivity contribution in [3.63, 3.8) is 0 Å². The fraction of sp³-hybridized carbons (Fsp3) is 0.500. The molecule has 0 radical (unpaired) electrons. The van der Waals surface area contributed by atoms with Gasteiger partial charge in [0.15, 0.2) is 11.3 Å². The molecule has 0 fully saturated rings. The molecule has 0 aliphatic carbocycles. The van der Waals surface area contributed by atoms with Crippen LogP contribution < -0.4 is 5.73 Å². The van der Waals surface area contributed by atoms with Gasteiger partial charge in [0, 0.05) is 6.54 Å². The number of hydrogen-bond donors (Lipinski definition) is 1. The first-order valence-corrected chi connectivity index (χ1v) is 2.60. The number of nitrogens with two attached hydrogens (primary N) is 1. The topological polar surface area (TPSA) is 53.0 Å². The van der Waals surface area contributed by atoms with Crippen LogP contribution in [0.3, 0.4) is 0 Å². The van der Waals surface area contributed by atoms with Gasteiger partial charge in [0.25, 0.3) is 0 Å². The summed E-state index contributed by atoms with van der Waals surface area (Å²) in [5, 5.41) is 8.34. The summed E-state index contributed by atoms with van der Waals surface area (Å²) in [6.07, 6.45) is 1.82. The van der Waals surface area contributed by atoms with Crippen molar-refractivity contribution in [2.24, 2.45) is 5.73 Å². The summed E-state index contributed by atoms with van der Waals surface area (Å²) in [6.45, 7) is 2.36. The summed E-state index contributed by atoms with van der Waals surface area (Å²) in [5.41, 5.74) is 5.09. The Morgan fingerprint density at radius 1 is 2.00 bits per heavy atom. The van der Waals surface area contributed by atoms with Crippen molar-refractivity contribution in [1.29, 1.82) is 5.26 Å². The third-order valence-corrected chi connectivity index (χ3v) is 0.923. The molecule has 0 amide bonds. The maximum Gasteiger partial charge on any atom is 0.186 e. The number of nitriles is 1. The minimum Gasteiger partial charge on any atom is -0.375 e. The lowest BCUT2D eigenvalue weighted by Crippen LogP contribution is -2.30. The number of thiocarbonyl (C=S) groups is 1. The Hall–Kier alpha value is -0.820. The number of rotatable bonds is 1. The van der Waals surface area contributed by atoms with Crippen molar-refractivity contribution >= 4 is 17.3 Å². The summed E-state index contributed by atoms with van der Waals surface area (Å²) in [5.74, 6) is 0. The minimum atomic E-state index is 0.134. The monoisotopic (exact) mass is 129 g/mol. The minimum absolute atomic E-state index is 0.134. The third kappa shape index (κ3) is 1.76. The molecule has 0 aliphatic heterocycles. The first-order valence-electron chi connectivity index (χ1n) is 2.19. The van der Waals surface area contributed by atoms with Crippen LogP contribution in [-0.4, -0.2) is 16.6 Å².